The molecule has 0 radical (unpaired) electrons. The van der Waals surface area contributed by atoms with Crippen molar-refractivity contribution < 1.29 is 28.2 Å². The molecule has 0 bridgehead atoms. The quantitative estimate of drug-likeness (QED) is 0.292. The van der Waals surface area contributed by atoms with Crippen LogP contribution in [0.25, 0.3) is 11.3 Å². The molecule has 0 saturated carbocycles. The molecule has 2 aromatic rings. The number of hydrogen-bond donors (Lipinski definition) is 0. The third kappa shape index (κ3) is 6.15. The summed E-state index contributed by atoms with van der Waals surface area (Å²) < 4.78 is 33.5. The number of methoxy groups -OCH3 is 1. The molecule has 0 aliphatic carbocycles. The van der Waals surface area contributed by atoms with E-state index in [1.54, 1.807) is 42.0 Å². The Hall–Kier alpha value is -3.96. The third-order valence-electron chi connectivity index (χ3n) is 9.18. The van der Waals surface area contributed by atoms with Gasteiger partial charge in [0.1, 0.15) is 41.9 Å². The number of nitrogens with zero attached hydrogens (tertiary/aromatic N) is 5. The minimum Gasteiger partial charge on any atom is -0.490 e. The number of hydrogen-bond acceptors (Lipinski definition) is 8. The van der Waals surface area contributed by atoms with Crippen LogP contribution in [-0.4, -0.2) is 116 Å². The number of halogens is 1. The van der Waals surface area contributed by atoms with E-state index in [-0.39, 0.29) is 42.7 Å². The molecule has 2 amide bonds. The van der Waals surface area contributed by atoms with E-state index in [0.717, 1.165) is 13.0 Å². The lowest BCUT2D eigenvalue weighted by Gasteiger charge is -2.40. The molecular weight excluding hydrogens is 577 g/mol. The molecule has 5 rings (SSSR count). The van der Waals surface area contributed by atoms with Crippen molar-refractivity contribution in [3.05, 3.63) is 60.5 Å². The second-order valence-electron chi connectivity index (χ2n) is 12.5. The molecule has 11 heteroatoms. The van der Waals surface area contributed by atoms with Gasteiger partial charge in [0, 0.05) is 57.0 Å². The lowest BCUT2D eigenvalue weighted by Crippen LogP contribution is -2.57. The molecule has 2 atom stereocenters. The summed E-state index contributed by atoms with van der Waals surface area (Å²) >= 11 is 0. The Balaban J connectivity index is 1.67. The van der Waals surface area contributed by atoms with Crippen LogP contribution in [0.2, 0.25) is 0 Å². The summed E-state index contributed by atoms with van der Waals surface area (Å²) in [5, 5.41) is 0. The SMILES string of the molecule is C=CCOc1cccc(F)c1-c1nc(N2CC(N(C)CCOC)CC2(C)C)c2c(c1C)OC[C@H]1CN(C(=O)C=C)CCN1C2=O. The van der Waals surface area contributed by atoms with Crippen molar-refractivity contribution in [2.45, 2.75) is 44.8 Å². The molecule has 1 aromatic carbocycles. The molecule has 3 aliphatic rings. The fraction of sp³-hybridized carbons (Fsp3) is 0.500. The number of carbonyl (C=O) groups excluding carboxylic acids is 2. The number of fused-ring (bicyclic) bond motifs is 2. The second kappa shape index (κ2) is 13.2. The number of piperazine rings is 1. The Labute approximate surface area is 265 Å². The fourth-order valence-electron chi connectivity index (χ4n) is 6.67. The number of ether oxygens (including phenoxy) is 3. The highest BCUT2D eigenvalue weighted by molar-refractivity contribution is 6.04. The van der Waals surface area contributed by atoms with Crippen LogP contribution in [-0.2, 0) is 9.53 Å². The van der Waals surface area contributed by atoms with Crippen LogP contribution in [0, 0.1) is 12.7 Å². The van der Waals surface area contributed by atoms with Crippen molar-refractivity contribution in [3.63, 3.8) is 0 Å². The molecule has 1 aromatic heterocycles. The first kappa shape index (κ1) is 32.4. The van der Waals surface area contributed by atoms with Gasteiger partial charge < -0.3 is 28.9 Å². The summed E-state index contributed by atoms with van der Waals surface area (Å²) in [6, 6.07) is 4.47. The first-order chi connectivity index (χ1) is 21.5. The topological polar surface area (TPSA) is 87.7 Å². The number of pyridine rings is 1. The monoisotopic (exact) mass is 621 g/mol. The van der Waals surface area contributed by atoms with Gasteiger partial charge in [0.15, 0.2) is 0 Å². The van der Waals surface area contributed by atoms with Crippen molar-refractivity contribution in [1.29, 1.82) is 0 Å². The van der Waals surface area contributed by atoms with Gasteiger partial charge in [0.25, 0.3) is 5.91 Å². The molecule has 4 heterocycles. The Bertz CT molecular complexity index is 1480. The molecule has 242 valence electrons. The minimum absolute atomic E-state index is 0.167. The van der Waals surface area contributed by atoms with Crippen molar-refractivity contribution >= 4 is 17.6 Å². The largest absolute Gasteiger partial charge is 0.490 e. The number of rotatable bonds is 10. The Kier molecular flexibility index (Phi) is 9.50. The summed E-state index contributed by atoms with van der Waals surface area (Å²) in [5.74, 6) is 0.266. The van der Waals surface area contributed by atoms with E-state index in [1.165, 1.54) is 12.1 Å². The van der Waals surface area contributed by atoms with Crippen molar-refractivity contribution in [2.24, 2.45) is 0 Å². The van der Waals surface area contributed by atoms with Gasteiger partial charge in [0.2, 0.25) is 5.91 Å². The number of carbonyl (C=O) groups is 2. The van der Waals surface area contributed by atoms with Crippen molar-refractivity contribution in [3.8, 4) is 22.8 Å². The van der Waals surface area contributed by atoms with Crippen molar-refractivity contribution in [2.75, 3.05) is 71.6 Å². The predicted octanol–water partition coefficient (Wildman–Crippen LogP) is 3.93. The summed E-state index contributed by atoms with van der Waals surface area (Å²) in [5.41, 5.74) is 1.06. The highest BCUT2D eigenvalue weighted by atomic mass is 19.1. The second-order valence-corrected chi connectivity index (χ2v) is 12.5. The van der Waals surface area contributed by atoms with Crippen LogP contribution >= 0.6 is 0 Å². The minimum atomic E-state index is -0.494. The summed E-state index contributed by atoms with van der Waals surface area (Å²) in [4.78, 5) is 40.0. The molecular formula is C34H44FN5O5. The Morgan fingerprint density at radius 1 is 1.24 bits per heavy atom. The first-order valence-corrected chi connectivity index (χ1v) is 15.4. The van der Waals surface area contributed by atoms with Gasteiger partial charge in [-0.3, -0.25) is 14.5 Å². The summed E-state index contributed by atoms with van der Waals surface area (Å²) in [7, 11) is 3.76. The number of aromatic nitrogens is 1. The van der Waals surface area contributed by atoms with Crippen LogP contribution < -0.4 is 14.4 Å². The predicted molar refractivity (Wildman–Crippen MR) is 171 cm³/mol. The van der Waals surface area contributed by atoms with E-state index in [4.69, 9.17) is 19.2 Å². The molecule has 2 fully saturated rings. The number of amides is 2. The van der Waals surface area contributed by atoms with Crippen LogP contribution in [0.3, 0.4) is 0 Å². The van der Waals surface area contributed by atoms with E-state index < -0.39 is 11.4 Å². The lowest BCUT2D eigenvalue weighted by molar-refractivity contribution is -0.128. The maximum Gasteiger partial charge on any atom is 0.261 e. The van der Waals surface area contributed by atoms with Crippen LogP contribution in [0.15, 0.2) is 43.5 Å². The highest BCUT2D eigenvalue weighted by Crippen LogP contribution is 2.46. The zero-order valence-corrected chi connectivity index (χ0v) is 27.0. The van der Waals surface area contributed by atoms with Gasteiger partial charge in [-0.2, -0.15) is 0 Å². The summed E-state index contributed by atoms with van der Waals surface area (Å²) in [6.07, 6.45) is 3.71. The van der Waals surface area contributed by atoms with Crippen molar-refractivity contribution in [1.82, 2.24) is 19.7 Å². The fourth-order valence-corrected chi connectivity index (χ4v) is 6.67. The molecule has 0 spiro atoms. The third-order valence-corrected chi connectivity index (χ3v) is 9.18. The molecule has 45 heavy (non-hydrogen) atoms. The van der Waals surface area contributed by atoms with E-state index in [2.05, 4.69) is 43.9 Å². The van der Waals surface area contributed by atoms with Gasteiger partial charge in [-0.15, -0.1) is 0 Å². The van der Waals surface area contributed by atoms with E-state index in [1.807, 2.05) is 0 Å². The molecule has 10 nitrogen and oxygen atoms in total. The molecule has 2 saturated heterocycles. The number of anilines is 1. The Morgan fingerprint density at radius 3 is 2.73 bits per heavy atom. The molecule has 1 unspecified atom stereocenters. The van der Waals surface area contributed by atoms with Gasteiger partial charge in [-0.25, -0.2) is 9.37 Å². The average Bonchev–Trinajstić information content (AvgIpc) is 3.27. The summed E-state index contributed by atoms with van der Waals surface area (Å²) in [6.45, 7) is 16.8. The number of likely N-dealkylation sites (N-methyl/N-ethyl adjacent to an activating group) is 1. The standard InChI is InChI=1S/C34H44FN5O5/c1-8-16-44-26-12-10-11-25(35)28(26)30-22(3)31-29(33(42)39-14-13-38(27(41)9-2)19-24(39)21-45-31)32(36-30)40-20-23(18-34(40,4)5)37(6)15-17-43-7/h8-12,23-24H,1-2,13-21H2,3-7H3/t23?,24-/m1/s1. The van der Waals surface area contributed by atoms with E-state index in [9.17, 15) is 9.59 Å². The zero-order valence-electron chi connectivity index (χ0n) is 27.0. The van der Waals surface area contributed by atoms with Gasteiger partial charge >= 0.3 is 0 Å². The van der Waals surface area contributed by atoms with Gasteiger partial charge in [-0.1, -0.05) is 25.3 Å². The average molecular weight is 622 g/mol. The highest BCUT2D eigenvalue weighted by Gasteiger charge is 2.46. The Morgan fingerprint density at radius 2 is 2.02 bits per heavy atom. The maximum absolute atomic E-state index is 15.7. The van der Waals surface area contributed by atoms with Gasteiger partial charge in [-0.05, 0) is 52.4 Å². The van der Waals surface area contributed by atoms with E-state index >= 15 is 4.39 Å². The van der Waals surface area contributed by atoms with Crippen LogP contribution in [0.4, 0.5) is 10.2 Å². The molecule has 0 N–H and O–H groups in total. The zero-order chi connectivity index (χ0) is 32.5. The molecule has 3 aliphatic heterocycles. The number of benzene rings is 1. The maximum atomic E-state index is 15.7. The normalized spacial score (nSPS) is 20.8. The van der Waals surface area contributed by atoms with Crippen LogP contribution in [0.1, 0.15) is 36.2 Å². The van der Waals surface area contributed by atoms with Gasteiger partial charge in [0.05, 0.1) is 23.9 Å². The van der Waals surface area contributed by atoms with E-state index in [0.29, 0.717) is 66.9 Å². The van der Waals surface area contributed by atoms with Crippen LogP contribution in [0.5, 0.6) is 11.5 Å². The lowest BCUT2D eigenvalue weighted by atomic mass is 9.97. The smallest absolute Gasteiger partial charge is 0.261 e. The first-order valence-electron chi connectivity index (χ1n) is 15.4.